The summed E-state index contributed by atoms with van der Waals surface area (Å²) in [5.41, 5.74) is 0.513. The molecule has 0 aliphatic carbocycles. The maximum atomic E-state index is 12.7. The van der Waals surface area contributed by atoms with Crippen LogP contribution in [0.3, 0.4) is 0 Å². The second kappa shape index (κ2) is 8.62. The number of hydrogen-bond donors (Lipinski definition) is 1. The lowest BCUT2D eigenvalue weighted by atomic mass is 10.2. The van der Waals surface area contributed by atoms with Crippen molar-refractivity contribution in [3.63, 3.8) is 0 Å². The van der Waals surface area contributed by atoms with Crippen LogP contribution in [0, 0.1) is 0 Å². The van der Waals surface area contributed by atoms with E-state index in [0.29, 0.717) is 12.2 Å². The van der Waals surface area contributed by atoms with E-state index in [0.717, 1.165) is 19.3 Å². The van der Waals surface area contributed by atoms with Gasteiger partial charge in [-0.05, 0) is 30.7 Å². The summed E-state index contributed by atoms with van der Waals surface area (Å²) in [7, 11) is -2.19. The molecule has 134 valence electrons. The van der Waals surface area contributed by atoms with E-state index in [2.05, 4.69) is 16.6 Å². The lowest BCUT2D eigenvalue weighted by Gasteiger charge is -2.19. The van der Waals surface area contributed by atoms with Gasteiger partial charge < -0.3 is 4.90 Å². The number of benzene rings is 1. The molecule has 1 amide bonds. The molecule has 0 saturated carbocycles. The standard InChI is InChI=1S/C18H23N3O3S/c1-3-4-7-13-21(2)18(22)16-10-5-6-11-17(16)25(23,24)20-15-9-8-12-19-14-15/h5-6,8-12,14,20H,3-4,7,13H2,1-2H3. The number of nitrogens with one attached hydrogen (secondary N) is 1. The van der Waals surface area contributed by atoms with Crippen molar-refractivity contribution in [3.05, 3.63) is 54.4 Å². The van der Waals surface area contributed by atoms with Crippen molar-refractivity contribution < 1.29 is 13.2 Å². The predicted molar refractivity (Wildman–Crippen MR) is 98.0 cm³/mol. The van der Waals surface area contributed by atoms with Gasteiger partial charge in [0, 0.05) is 19.8 Å². The van der Waals surface area contributed by atoms with E-state index in [9.17, 15) is 13.2 Å². The molecule has 2 rings (SSSR count). The minimum absolute atomic E-state index is 0.0359. The lowest BCUT2D eigenvalue weighted by Crippen LogP contribution is -2.29. The Labute approximate surface area is 148 Å². The molecule has 0 fully saturated rings. The van der Waals surface area contributed by atoms with Gasteiger partial charge in [0.2, 0.25) is 0 Å². The van der Waals surface area contributed by atoms with Gasteiger partial charge in [-0.15, -0.1) is 0 Å². The Bertz CT molecular complexity index is 807. The third kappa shape index (κ3) is 5.03. The molecule has 7 heteroatoms. The van der Waals surface area contributed by atoms with Gasteiger partial charge in [0.1, 0.15) is 4.90 Å². The summed E-state index contributed by atoms with van der Waals surface area (Å²) in [4.78, 5) is 18.1. The number of aromatic nitrogens is 1. The number of pyridine rings is 1. The average molecular weight is 361 g/mol. The average Bonchev–Trinajstić information content (AvgIpc) is 2.61. The third-order valence-corrected chi connectivity index (χ3v) is 5.20. The van der Waals surface area contributed by atoms with Crippen LogP contribution in [-0.4, -0.2) is 37.8 Å². The van der Waals surface area contributed by atoms with E-state index in [1.807, 2.05) is 0 Å². The fraction of sp³-hybridized carbons (Fsp3) is 0.333. The molecule has 1 aromatic heterocycles. The summed E-state index contributed by atoms with van der Waals surface area (Å²) in [6.45, 7) is 2.69. The van der Waals surface area contributed by atoms with Crippen LogP contribution < -0.4 is 4.72 Å². The molecular formula is C18H23N3O3S. The first-order valence-corrected chi connectivity index (χ1v) is 9.71. The molecule has 0 radical (unpaired) electrons. The largest absolute Gasteiger partial charge is 0.342 e. The maximum Gasteiger partial charge on any atom is 0.262 e. The van der Waals surface area contributed by atoms with Crippen molar-refractivity contribution >= 4 is 21.6 Å². The summed E-state index contributed by atoms with van der Waals surface area (Å²) >= 11 is 0. The Hall–Kier alpha value is -2.41. The zero-order valence-corrected chi connectivity index (χ0v) is 15.3. The number of unbranched alkanes of at least 4 members (excludes halogenated alkanes) is 2. The minimum Gasteiger partial charge on any atom is -0.342 e. The van der Waals surface area contributed by atoms with Crippen LogP contribution in [0.5, 0.6) is 0 Å². The molecule has 0 aliphatic rings. The maximum absolute atomic E-state index is 12.7. The highest BCUT2D eigenvalue weighted by Crippen LogP contribution is 2.20. The smallest absolute Gasteiger partial charge is 0.262 e. The number of carbonyl (C=O) groups excluding carboxylic acids is 1. The van der Waals surface area contributed by atoms with E-state index in [1.54, 1.807) is 42.4 Å². The van der Waals surface area contributed by atoms with Gasteiger partial charge in [-0.1, -0.05) is 31.9 Å². The minimum atomic E-state index is -3.89. The molecule has 1 aromatic carbocycles. The number of rotatable bonds is 8. The van der Waals surface area contributed by atoms with E-state index in [4.69, 9.17) is 0 Å². The molecule has 0 unspecified atom stereocenters. The number of sulfonamides is 1. The highest BCUT2D eigenvalue weighted by molar-refractivity contribution is 7.92. The van der Waals surface area contributed by atoms with Crippen LogP contribution in [0.1, 0.15) is 36.5 Å². The van der Waals surface area contributed by atoms with Crippen molar-refractivity contribution in [1.82, 2.24) is 9.88 Å². The molecule has 1 heterocycles. The molecule has 0 bridgehead atoms. The van der Waals surface area contributed by atoms with Crippen molar-refractivity contribution in [2.75, 3.05) is 18.3 Å². The monoisotopic (exact) mass is 361 g/mol. The van der Waals surface area contributed by atoms with Crippen LogP contribution in [0.4, 0.5) is 5.69 Å². The highest BCUT2D eigenvalue weighted by atomic mass is 32.2. The Kier molecular flexibility index (Phi) is 6.52. The van der Waals surface area contributed by atoms with Gasteiger partial charge in [0.15, 0.2) is 0 Å². The SMILES string of the molecule is CCCCCN(C)C(=O)c1ccccc1S(=O)(=O)Nc1cccnc1. The third-order valence-electron chi connectivity index (χ3n) is 3.76. The fourth-order valence-electron chi connectivity index (χ4n) is 2.42. The van der Waals surface area contributed by atoms with Gasteiger partial charge in [0.25, 0.3) is 15.9 Å². The van der Waals surface area contributed by atoms with E-state index < -0.39 is 10.0 Å². The normalized spacial score (nSPS) is 11.1. The Morgan fingerprint density at radius 2 is 1.92 bits per heavy atom. The summed E-state index contributed by atoms with van der Waals surface area (Å²) in [5, 5.41) is 0. The quantitative estimate of drug-likeness (QED) is 0.733. The van der Waals surface area contributed by atoms with Crippen molar-refractivity contribution in [2.24, 2.45) is 0 Å². The molecule has 6 nitrogen and oxygen atoms in total. The number of nitrogens with zero attached hydrogens (tertiary/aromatic N) is 2. The molecule has 0 atom stereocenters. The van der Waals surface area contributed by atoms with Gasteiger partial charge in [-0.2, -0.15) is 0 Å². The molecule has 2 aromatic rings. The van der Waals surface area contributed by atoms with E-state index in [1.165, 1.54) is 18.3 Å². The molecular weight excluding hydrogens is 338 g/mol. The Morgan fingerprint density at radius 1 is 1.16 bits per heavy atom. The van der Waals surface area contributed by atoms with Crippen molar-refractivity contribution in [2.45, 2.75) is 31.1 Å². The van der Waals surface area contributed by atoms with Crippen LogP contribution in [-0.2, 0) is 10.0 Å². The summed E-state index contributed by atoms with van der Waals surface area (Å²) in [6.07, 6.45) is 5.95. The number of anilines is 1. The molecule has 0 aliphatic heterocycles. The Morgan fingerprint density at radius 3 is 2.60 bits per heavy atom. The van der Waals surface area contributed by atoms with Gasteiger partial charge in [0.05, 0.1) is 17.4 Å². The molecule has 0 saturated heterocycles. The lowest BCUT2D eigenvalue weighted by molar-refractivity contribution is 0.0789. The van der Waals surface area contributed by atoms with Gasteiger partial charge in [-0.3, -0.25) is 14.5 Å². The first-order chi connectivity index (χ1) is 12.0. The van der Waals surface area contributed by atoms with Crippen molar-refractivity contribution in [3.8, 4) is 0 Å². The second-order valence-corrected chi connectivity index (χ2v) is 7.43. The second-order valence-electron chi connectivity index (χ2n) is 5.78. The number of carbonyl (C=O) groups is 1. The molecule has 1 N–H and O–H groups in total. The van der Waals surface area contributed by atoms with Crippen LogP contribution in [0.25, 0.3) is 0 Å². The predicted octanol–water partition coefficient (Wildman–Crippen LogP) is 3.14. The van der Waals surface area contributed by atoms with Crippen molar-refractivity contribution in [1.29, 1.82) is 0 Å². The van der Waals surface area contributed by atoms with Crippen LogP contribution >= 0.6 is 0 Å². The van der Waals surface area contributed by atoms with E-state index in [-0.39, 0.29) is 16.4 Å². The topological polar surface area (TPSA) is 79.4 Å². The zero-order valence-electron chi connectivity index (χ0n) is 14.5. The highest BCUT2D eigenvalue weighted by Gasteiger charge is 2.24. The molecule has 25 heavy (non-hydrogen) atoms. The van der Waals surface area contributed by atoms with E-state index >= 15 is 0 Å². The Balaban J connectivity index is 2.26. The number of hydrogen-bond acceptors (Lipinski definition) is 4. The fourth-order valence-corrected chi connectivity index (χ4v) is 3.66. The number of amides is 1. The van der Waals surface area contributed by atoms with Gasteiger partial charge in [-0.25, -0.2) is 8.42 Å². The first kappa shape index (κ1) is 18.9. The molecule has 0 spiro atoms. The van der Waals surface area contributed by atoms with Gasteiger partial charge >= 0.3 is 0 Å². The van der Waals surface area contributed by atoms with Crippen LogP contribution in [0.15, 0.2) is 53.7 Å². The summed E-state index contributed by atoms with van der Waals surface area (Å²) in [6, 6.07) is 9.48. The summed E-state index contributed by atoms with van der Waals surface area (Å²) < 4.78 is 27.9. The first-order valence-electron chi connectivity index (χ1n) is 8.23. The zero-order chi connectivity index (χ0) is 18.3. The summed E-state index contributed by atoms with van der Waals surface area (Å²) in [5.74, 6) is -0.303. The van der Waals surface area contributed by atoms with Crippen LogP contribution in [0.2, 0.25) is 0 Å².